The Balaban J connectivity index is 1.73. The van der Waals surface area contributed by atoms with Gasteiger partial charge in [0.1, 0.15) is 5.82 Å². The van der Waals surface area contributed by atoms with Crippen LogP contribution < -0.4 is 0 Å². The molecule has 0 bridgehead atoms. The van der Waals surface area contributed by atoms with Gasteiger partial charge in [0.2, 0.25) is 0 Å². The monoisotopic (exact) mass is 242 g/mol. The molecule has 1 aliphatic rings. The zero-order valence-electron chi connectivity index (χ0n) is 9.99. The lowest BCUT2D eigenvalue weighted by atomic mass is 10.2. The lowest BCUT2D eigenvalue weighted by Gasteiger charge is -2.27. The molecule has 2 aromatic rings. The van der Waals surface area contributed by atoms with Crippen LogP contribution in [0.15, 0.2) is 30.3 Å². The van der Waals surface area contributed by atoms with Gasteiger partial charge >= 0.3 is 0 Å². The van der Waals surface area contributed by atoms with Crippen molar-refractivity contribution in [2.75, 3.05) is 6.54 Å². The molecule has 1 aromatic heterocycles. The minimum Gasteiger partial charge on any atom is -0.306 e. The molecule has 0 fully saturated rings. The number of aromatic nitrogens is 3. The van der Waals surface area contributed by atoms with Crippen LogP contribution in [0.3, 0.4) is 0 Å². The molecule has 18 heavy (non-hydrogen) atoms. The fourth-order valence-corrected chi connectivity index (χ4v) is 2.29. The highest BCUT2D eigenvalue weighted by molar-refractivity contribution is 5.69. The van der Waals surface area contributed by atoms with E-state index in [1.807, 2.05) is 22.8 Å². The summed E-state index contributed by atoms with van der Waals surface area (Å²) in [6, 6.07) is 10.4. The predicted octanol–water partition coefficient (Wildman–Crippen LogP) is 1.11. The molecule has 92 valence electrons. The first-order valence-electron chi connectivity index (χ1n) is 6.00. The van der Waals surface area contributed by atoms with E-state index < -0.39 is 0 Å². The van der Waals surface area contributed by atoms with Gasteiger partial charge in [0, 0.05) is 19.6 Å². The smallest absolute Gasteiger partial charge is 0.196 e. The first-order chi connectivity index (χ1) is 8.86. The molecule has 1 aliphatic heterocycles. The highest BCUT2D eigenvalue weighted by atomic mass is 16.1. The van der Waals surface area contributed by atoms with E-state index in [9.17, 15) is 4.79 Å². The summed E-state index contributed by atoms with van der Waals surface area (Å²) < 4.78 is 1.90. The second-order valence-electron chi connectivity index (χ2n) is 4.44. The van der Waals surface area contributed by atoms with Crippen molar-refractivity contribution >= 4 is 6.29 Å². The number of rotatable bonds is 3. The summed E-state index contributed by atoms with van der Waals surface area (Å²) in [5, 5.41) is 7.94. The molecule has 0 aliphatic carbocycles. The summed E-state index contributed by atoms with van der Waals surface area (Å²) in [5.74, 6) is 1.31. The third kappa shape index (κ3) is 2.04. The van der Waals surface area contributed by atoms with E-state index in [0.717, 1.165) is 38.3 Å². The van der Waals surface area contributed by atoms with Crippen LogP contribution in [0.25, 0.3) is 0 Å². The van der Waals surface area contributed by atoms with E-state index in [2.05, 4.69) is 27.2 Å². The largest absolute Gasteiger partial charge is 0.306 e. The topological polar surface area (TPSA) is 51.0 Å². The van der Waals surface area contributed by atoms with Gasteiger partial charge in [0.25, 0.3) is 0 Å². The number of fused-ring (bicyclic) bond motifs is 1. The number of benzene rings is 1. The molecule has 0 amide bonds. The van der Waals surface area contributed by atoms with Crippen molar-refractivity contribution < 1.29 is 4.79 Å². The predicted molar refractivity (Wildman–Crippen MR) is 66.0 cm³/mol. The number of carbonyl (C=O) groups excluding carboxylic acids is 1. The molecular weight excluding hydrogens is 228 g/mol. The number of hydrogen-bond acceptors (Lipinski definition) is 4. The summed E-state index contributed by atoms with van der Waals surface area (Å²) in [7, 11) is 0. The second kappa shape index (κ2) is 4.70. The first kappa shape index (κ1) is 11.1. The summed E-state index contributed by atoms with van der Waals surface area (Å²) >= 11 is 0. The van der Waals surface area contributed by atoms with Gasteiger partial charge < -0.3 is 4.57 Å². The van der Waals surface area contributed by atoms with Gasteiger partial charge in [0.15, 0.2) is 12.1 Å². The quantitative estimate of drug-likeness (QED) is 0.756. The van der Waals surface area contributed by atoms with E-state index >= 15 is 0 Å². The number of nitrogens with zero attached hydrogens (tertiary/aromatic N) is 4. The maximum atomic E-state index is 10.8. The average Bonchev–Trinajstić information content (AvgIpc) is 2.82. The summed E-state index contributed by atoms with van der Waals surface area (Å²) in [4.78, 5) is 13.1. The van der Waals surface area contributed by atoms with Crippen LogP contribution in [0.2, 0.25) is 0 Å². The lowest BCUT2D eigenvalue weighted by Crippen LogP contribution is -2.33. The third-order valence-corrected chi connectivity index (χ3v) is 3.22. The van der Waals surface area contributed by atoms with E-state index in [0.29, 0.717) is 5.82 Å². The Hall–Kier alpha value is -2.01. The Bertz CT molecular complexity index is 549. The molecule has 0 spiro atoms. The molecule has 1 aromatic carbocycles. The highest BCUT2D eigenvalue weighted by Crippen LogP contribution is 2.14. The molecule has 3 rings (SSSR count). The normalized spacial score (nSPS) is 15.3. The Morgan fingerprint density at radius 2 is 2.00 bits per heavy atom. The molecular formula is C13H14N4O. The minimum absolute atomic E-state index is 0.435. The fraction of sp³-hybridized carbons (Fsp3) is 0.308. The average molecular weight is 242 g/mol. The fourth-order valence-electron chi connectivity index (χ4n) is 2.29. The maximum absolute atomic E-state index is 10.8. The Kier molecular flexibility index (Phi) is 2.90. The van der Waals surface area contributed by atoms with Crippen LogP contribution in [0.5, 0.6) is 0 Å². The van der Waals surface area contributed by atoms with Crippen molar-refractivity contribution in [1.82, 2.24) is 19.7 Å². The zero-order chi connectivity index (χ0) is 12.4. The van der Waals surface area contributed by atoms with Gasteiger partial charge in [-0.1, -0.05) is 30.3 Å². The Labute approximate surface area is 105 Å². The first-order valence-corrected chi connectivity index (χ1v) is 6.00. The molecule has 0 N–H and O–H groups in total. The van der Waals surface area contributed by atoms with E-state index in [1.165, 1.54) is 5.56 Å². The van der Waals surface area contributed by atoms with Crippen molar-refractivity contribution in [3.8, 4) is 0 Å². The van der Waals surface area contributed by atoms with E-state index in [4.69, 9.17) is 0 Å². The molecule has 2 heterocycles. The summed E-state index contributed by atoms with van der Waals surface area (Å²) in [5.41, 5.74) is 1.29. The lowest BCUT2D eigenvalue weighted by molar-refractivity contribution is 0.110. The van der Waals surface area contributed by atoms with Crippen LogP contribution in [-0.4, -0.2) is 32.5 Å². The van der Waals surface area contributed by atoms with Gasteiger partial charge in [-0.3, -0.25) is 9.69 Å². The van der Waals surface area contributed by atoms with Crippen LogP contribution in [0.4, 0.5) is 0 Å². The number of aldehydes is 1. The summed E-state index contributed by atoms with van der Waals surface area (Å²) in [6.45, 7) is 3.35. The van der Waals surface area contributed by atoms with Crippen LogP contribution in [0.1, 0.15) is 22.0 Å². The van der Waals surface area contributed by atoms with E-state index in [1.54, 1.807) is 0 Å². The molecule has 0 radical (unpaired) electrons. The van der Waals surface area contributed by atoms with Crippen molar-refractivity contribution in [1.29, 1.82) is 0 Å². The molecule has 0 atom stereocenters. The van der Waals surface area contributed by atoms with Gasteiger partial charge in [-0.05, 0) is 5.56 Å². The van der Waals surface area contributed by atoms with Crippen molar-refractivity contribution in [2.45, 2.75) is 19.6 Å². The van der Waals surface area contributed by atoms with Crippen LogP contribution >= 0.6 is 0 Å². The Morgan fingerprint density at radius 1 is 1.17 bits per heavy atom. The minimum atomic E-state index is 0.435. The SMILES string of the molecule is O=Cc1nnc2n1CCN(Cc1ccccc1)C2. The molecule has 0 saturated carbocycles. The standard InChI is InChI=1S/C13H14N4O/c18-10-13-15-14-12-9-16(6-7-17(12)13)8-11-4-2-1-3-5-11/h1-5,10H,6-9H2. The van der Waals surface area contributed by atoms with Gasteiger partial charge in [-0.15, -0.1) is 10.2 Å². The zero-order valence-corrected chi connectivity index (χ0v) is 9.99. The highest BCUT2D eigenvalue weighted by Gasteiger charge is 2.20. The van der Waals surface area contributed by atoms with Gasteiger partial charge in [-0.25, -0.2) is 0 Å². The molecule has 0 unspecified atom stereocenters. The van der Waals surface area contributed by atoms with Crippen LogP contribution in [0, 0.1) is 0 Å². The maximum Gasteiger partial charge on any atom is 0.196 e. The molecule has 5 nitrogen and oxygen atoms in total. The second-order valence-corrected chi connectivity index (χ2v) is 4.44. The van der Waals surface area contributed by atoms with Gasteiger partial charge in [-0.2, -0.15) is 0 Å². The van der Waals surface area contributed by atoms with Crippen molar-refractivity contribution in [3.05, 3.63) is 47.5 Å². The van der Waals surface area contributed by atoms with Crippen molar-refractivity contribution in [2.24, 2.45) is 0 Å². The number of carbonyl (C=O) groups is 1. The molecule has 0 saturated heterocycles. The van der Waals surface area contributed by atoms with Crippen molar-refractivity contribution in [3.63, 3.8) is 0 Å². The number of hydrogen-bond donors (Lipinski definition) is 0. The van der Waals surface area contributed by atoms with Gasteiger partial charge in [0.05, 0.1) is 6.54 Å². The Morgan fingerprint density at radius 3 is 2.78 bits per heavy atom. The summed E-state index contributed by atoms with van der Waals surface area (Å²) in [6.07, 6.45) is 0.767. The molecule has 5 heteroatoms. The van der Waals surface area contributed by atoms with E-state index in [-0.39, 0.29) is 0 Å². The van der Waals surface area contributed by atoms with Crippen LogP contribution in [-0.2, 0) is 19.6 Å². The third-order valence-electron chi connectivity index (χ3n) is 3.22.